The molecule has 0 unspecified atom stereocenters. The Kier molecular flexibility index (Phi) is 3.01. The second-order valence-corrected chi connectivity index (χ2v) is 5.94. The summed E-state index contributed by atoms with van der Waals surface area (Å²) < 4.78 is 1.01. The fourth-order valence-corrected chi connectivity index (χ4v) is 3.36. The number of aromatic nitrogens is 1. The van der Waals surface area contributed by atoms with Gasteiger partial charge >= 0.3 is 0 Å². The number of nitrogens with two attached hydrogens (primary N) is 2. The summed E-state index contributed by atoms with van der Waals surface area (Å²) in [4.78, 5) is 4.54. The average molecular weight is 310 g/mol. The predicted molar refractivity (Wildman–Crippen MR) is 83.9 cm³/mol. The van der Waals surface area contributed by atoms with Gasteiger partial charge in [0.25, 0.3) is 0 Å². The van der Waals surface area contributed by atoms with Gasteiger partial charge in [-0.2, -0.15) is 0 Å². The number of thiazole rings is 1. The topological polar surface area (TPSA) is 64.9 Å². The summed E-state index contributed by atoms with van der Waals surface area (Å²) in [7, 11) is 0. The minimum atomic E-state index is 0.444. The van der Waals surface area contributed by atoms with Gasteiger partial charge in [0.05, 0.1) is 25.9 Å². The summed E-state index contributed by atoms with van der Waals surface area (Å²) >= 11 is 13.6. The maximum absolute atomic E-state index is 6.20. The molecule has 2 aromatic carbocycles. The number of nitrogens with zero attached hydrogens (tertiary/aromatic N) is 1. The van der Waals surface area contributed by atoms with E-state index in [-0.39, 0.29) is 0 Å². The number of hydrogen-bond donors (Lipinski definition) is 2. The molecule has 0 saturated heterocycles. The van der Waals surface area contributed by atoms with E-state index in [1.54, 1.807) is 12.1 Å². The zero-order valence-corrected chi connectivity index (χ0v) is 12.0. The molecule has 0 aliphatic rings. The lowest BCUT2D eigenvalue weighted by Gasteiger charge is -2.03. The lowest BCUT2D eigenvalue weighted by atomic mass is 10.2. The van der Waals surface area contributed by atoms with Crippen molar-refractivity contribution in [3.8, 4) is 10.6 Å². The van der Waals surface area contributed by atoms with E-state index in [9.17, 15) is 0 Å². The van der Waals surface area contributed by atoms with Gasteiger partial charge in [0.15, 0.2) is 0 Å². The summed E-state index contributed by atoms with van der Waals surface area (Å²) in [5.41, 5.74) is 14.4. The lowest BCUT2D eigenvalue weighted by Crippen LogP contribution is -1.88. The lowest BCUT2D eigenvalue weighted by molar-refractivity contribution is 1.48. The minimum absolute atomic E-state index is 0.444. The van der Waals surface area contributed by atoms with E-state index in [0.29, 0.717) is 21.4 Å². The first kappa shape index (κ1) is 12.5. The number of hydrogen-bond acceptors (Lipinski definition) is 4. The summed E-state index contributed by atoms with van der Waals surface area (Å²) in [6.07, 6.45) is 0. The number of anilines is 2. The molecule has 0 aliphatic carbocycles. The summed E-state index contributed by atoms with van der Waals surface area (Å²) in [5.74, 6) is 0. The average Bonchev–Trinajstić information content (AvgIpc) is 2.76. The fraction of sp³-hybridized carbons (Fsp3) is 0. The molecule has 6 heteroatoms. The first-order valence-electron chi connectivity index (χ1n) is 5.45. The van der Waals surface area contributed by atoms with Crippen LogP contribution in [0.3, 0.4) is 0 Å². The Hall–Kier alpha value is -1.49. The van der Waals surface area contributed by atoms with Gasteiger partial charge in [-0.3, -0.25) is 0 Å². The standard InChI is InChI=1S/C13H9Cl2N3S/c14-8-5-9(15)10(17)4-7(8)13-18-11-2-1-6(16)3-12(11)19-13/h1-5H,16-17H2. The van der Waals surface area contributed by atoms with Crippen LogP contribution in [0.15, 0.2) is 30.3 Å². The number of nitrogen functional groups attached to an aromatic ring is 2. The molecule has 0 radical (unpaired) electrons. The van der Waals surface area contributed by atoms with Gasteiger partial charge in [-0.15, -0.1) is 11.3 Å². The van der Waals surface area contributed by atoms with Crippen molar-refractivity contribution in [1.29, 1.82) is 0 Å². The Morgan fingerprint density at radius 3 is 2.58 bits per heavy atom. The van der Waals surface area contributed by atoms with Crippen molar-refractivity contribution in [1.82, 2.24) is 4.98 Å². The Labute approximate surface area is 123 Å². The van der Waals surface area contributed by atoms with E-state index in [0.717, 1.165) is 20.8 Å². The highest BCUT2D eigenvalue weighted by Gasteiger charge is 2.12. The molecular formula is C13H9Cl2N3S. The molecule has 3 rings (SSSR count). The number of rotatable bonds is 1. The Bertz CT molecular complexity index is 783. The zero-order valence-electron chi connectivity index (χ0n) is 9.65. The van der Waals surface area contributed by atoms with Crippen molar-refractivity contribution < 1.29 is 0 Å². The molecule has 3 aromatic rings. The van der Waals surface area contributed by atoms with Crippen molar-refractivity contribution in [2.24, 2.45) is 0 Å². The highest BCUT2D eigenvalue weighted by Crippen LogP contribution is 2.38. The van der Waals surface area contributed by atoms with E-state index in [1.807, 2.05) is 18.2 Å². The highest BCUT2D eigenvalue weighted by atomic mass is 35.5. The molecule has 0 fully saturated rings. The molecule has 4 N–H and O–H groups in total. The molecule has 0 amide bonds. The molecule has 0 bridgehead atoms. The van der Waals surface area contributed by atoms with Crippen LogP contribution in [0.2, 0.25) is 10.0 Å². The Balaban J connectivity index is 2.21. The van der Waals surface area contributed by atoms with Gasteiger partial charge in [-0.25, -0.2) is 4.98 Å². The van der Waals surface area contributed by atoms with Gasteiger partial charge in [0.1, 0.15) is 5.01 Å². The van der Waals surface area contributed by atoms with Crippen molar-refractivity contribution >= 4 is 56.1 Å². The largest absolute Gasteiger partial charge is 0.399 e. The van der Waals surface area contributed by atoms with Crippen LogP contribution < -0.4 is 11.5 Å². The highest BCUT2D eigenvalue weighted by molar-refractivity contribution is 7.21. The van der Waals surface area contributed by atoms with Crippen LogP contribution in [0.1, 0.15) is 0 Å². The number of fused-ring (bicyclic) bond motifs is 1. The molecule has 3 nitrogen and oxygen atoms in total. The van der Waals surface area contributed by atoms with Crippen LogP contribution in [0.25, 0.3) is 20.8 Å². The maximum Gasteiger partial charge on any atom is 0.126 e. The van der Waals surface area contributed by atoms with Gasteiger partial charge in [0, 0.05) is 11.3 Å². The van der Waals surface area contributed by atoms with Crippen molar-refractivity contribution in [3.05, 3.63) is 40.4 Å². The second-order valence-electron chi connectivity index (χ2n) is 4.10. The van der Waals surface area contributed by atoms with Crippen LogP contribution in [0.4, 0.5) is 11.4 Å². The first-order valence-corrected chi connectivity index (χ1v) is 7.03. The fourth-order valence-electron chi connectivity index (χ4n) is 1.79. The Morgan fingerprint density at radius 2 is 1.79 bits per heavy atom. The van der Waals surface area contributed by atoms with Crippen molar-refractivity contribution in [3.63, 3.8) is 0 Å². The van der Waals surface area contributed by atoms with Gasteiger partial charge in [0.2, 0.25) is 0 Å². The zero-order chi connectivity index (χ0) is 13.6. The SMILES string of the molecule is Nc1ccc2nc(-c3cc(N)c(Cl)cc3Cl)sc2c1. The van der Waals surface area contributed by atoms with Crippen LogP contribution in [0, 0.1) is 0 Å². The molecule has 0 saturated carbocycles. The molecule has 0 atom stereocenters. The van der Waals surface area contributed by atoms with Crippen LogP contribution >= 0.6 is 34.5 Å². The molecule has 0 aliphatic heterocycles. The summed E-state index contributed by atoms with van der Waals surface area (Å²) in [6, 6.07) is 8.98. The predicted octanol–water partition coefficient (Wildman–Crippen LogP) is 4.43. The van der Waals surface area contributed by atoms with Crippen LogP contribution in [0.5, 0.6) is 0 Å². The van der Waals surface area contributed by atoms with Gasteiger partial charge in [-0.05, 0) is 30.3 Å². The van der Waals surface area contributed by atoms with E-state index in [4.69, 9.17) is 34.7 Å². The number of benzene rings is 2. The van der Waals surface area contributed by atoms with Crippen LogP contribution in [-0.4, -0.2) is 4.98 Å². The number of halogens is 2. The Morgan fingerprint density at radius 1 is 1.00 bits per heavy atom. The van der Waals surface area contributed by atoms with E-state index >= 15 is 0 Å². The maximum atomic E-state index is 6.20. The van der Waals surface area contributed by atoms with Crippen molar-refractivity contribution in [2.45, 2.75) is 0 Å². The van der Waals surface area contributed by atoms with Crippen molar-refractivity contribution in [2.75, 3.05) is 11.5 Å². The normalized spacial score (nSPS) is 11.1. The third-order valence-electron chi connectivity index (χ3n) is 2.73. The third kappa shape index (κ3) is 2.23. The van der Waals surface area contributed by atoms with Gasteiger partial charge in [-0.1, -0.05) is 23.2 Å². The molecule has 0 spiro atoms. The molecule has 19 heavy (non-hydrogen) atoms. The molecule has 1 heterocycles. The summed E-state index contributed by atoms with van der Waals surface area (Å²) in [6.45, 7) is 0. The van der Waals surface area contributed by atoms with Crippen LogP contribution in [-0.2, 0) is 0 Å². The smallest absolute Gasteiger partial charge is 0.126 e. The summed E-state index contributed by atoms with van der Waals surface area (Å²) in [5, 5.41) is 1.78. The second kappa shape index (κ2) is 4.56. The minimum Gasteiger partial charge on any atom is -0.399 e. The van der Waals surface area contributed by atoms with Gasteiger partial charge < -0.3 is 11.5 Å². The quantitative estimate of drug-likeness (QED) is 0.653. The molecular weight excluding hydrogens is 301 g/mol. The monoisotopic (exact) mass is 309 g/mol. The third-order valence-corrected chi connectivity index (χ3v) is 4.42. The van der Waals surface area contributed by atoms with E-state index < -0.39 is 0 Å². The van der Waals surface area contributed by atoms with E-state index in [1.165, 1.54) is 11.3 Å². The first-order chi connectivity index (χ1) is 9.04. The molecule has 1 aromatic heterocycles. The van der Waals surface area contributed by atoms with E-state index in [2.05, 4.69) is 4.98 Å². The molecule has 96 valence electrons.